The van der Waals surface area contributed by atoms with Crippen molar-refractivity contribution in [3.8, 4) is 0 Å². The van der Waals surface area contributed by atoms with Crippen molar-refractivity contribution in [1.29, 1.82) is 0 Å². The highest BCUT2D eigenvalue weighted by Crippen LogP contribution is 2.31. The van der Waals surface area contributed by atoms with Gasteiger partial charge < -0.3 is 4.90 Å². The molecule has 5 heteroatoms. The third kappa shape index (κ3) is 2.42. The van der Waals surface area contributed by atoms with E-state index in [0.29, 0.717) is 10.8 Å². The molecular weight excluding hydrogens is 292 g/mol. The first-order chi connectivity index (χ1) is 9.47. The molecular formula is C15H17ClN2OS. The third-order valence-corrected chi connectivity index (χ3v) is 5.91. The highest BCUT2D eigenvalue weighted by molar-refractivity contribution is 7.86. The number of pyridine rings is 1. The molecule has 106 valence electrons. The van der Waals surface area contributed by atoms with Crippen LogP contribution in [0.4, 0.5) is 5.69 Å². The molecule has 1 atom stereocenters. The van der Waals surface area contributed by atoms with E-state index in [2.05, 4.69) is 23.7 Å². The minimum absolute atomic E-state index is 0.188. The van der Waals surface area contributed by atoms with E-state index in [0.717, 1.165) is 29.7 Å². The van der Waals surface area contributed by atoms with Gasteiger partial charge in [0.05, 0.1) is 10.3 Å². The number of fused-ring (bicyclic) bond motifs is 1. The second-order valence-electron chi connectivity index (χ2n) is 5.72. The number of rotatable bonds is 1. The molecule has 0 radical (unpaired) electrons. The molecule has 0 aliphatic carbocycles. The molecule has 1 fully saturated rings. The predicted octanol–water partition coefficient (Wildman–Crippen LogP) is 3.24. The monoisotopic (exact) mass is 308 g/mol. The zero-order valence-electron chi connectivity index (χ0n) is 11.6. The molecule has 0 saturated carbocycles. The van der Waals surface area contributed by atoms with Gasteiger partial charge in [-0.05, 0) is 38.1 Å². The Morgan fingerprint density at radius 3 is 2.90 bits per heavy atom. The van der Waals surface area contributed by atoms with Crippen LogP contribution < -0.4 is 4.90 Å². The average Bonchev–Trinajstić information content (AvgIpc) is 2.41. The van der Waals surface area contributed by atoms with E-state index in [-0.39, 0.29) is 4.75 Å². The Bertz CT molecular complexity index is 687. The van der Waals surface area contributed by atoms with E-state index in [4.69, 9.17) is 11.6 Å². The molecule has 0 unspecified atom stereocenters. The van der Waals surface area contributed by atoms with Crippen molar-refractivity contribution in [2.45, 2.75) is 18.6 Å². The zero-order valence-corrected chi connectivity index (χ0v) is 13.2. The lowest BCUT2D eigenvalue weighted by atomic mass is 10.1. The fraction of sp³-hybridized carbons (Fsp3) is 0.400. The Labute approximate surface area is 126 Å². The Morgan fingerprint density at radius 1 is 1.35 bits per heavy atom. The van der Waals surface area contributed by atoms with Crippen LogP contribution in [0.3, 0.4) is 0 Å². The normalized spacial score (nSPS) is 22.1. The summed E-state index contributed by atoms with van der Waals surface area (Å²) < 4.78 is 11.9. The second-order valence-corrected chi connectivity index (χ2v) is 8.36. The quantitative estimate of drug-likeness (QED) is 0.811. The predicted molar refractivity (Wildman–Crippen MR) is 86.1 cm³/mol. The van der Waals surface area contributed by atoms with Gasteiger partial charge >= 0.3 is 0 Å². The van der Waals surface area contributed by atoms with Crippen molar-refractivity contribution in [2.75, 3.05) is 23.7 Å². The second kappa shape index (κ2) is 5.01. The maximum Gasteiger partial charge on any atom is 0.0723 e. The van der Waals surface area contributed by atoms with Gasteiger partial charge in [-0.2, -0.15) is 0 Å². The van der Waals surface area contributed by atoms with E-state index < -0.39 is 10.8 Å². The molecule has 1 aromatic heterocycles. The van der Waals surface area contributed by atoms with Crippen LogP contribution in [0, 0.1) is 0 Å². The summed E-state index contributed by atoms with van der Waals surface area (Å²) in [6, 6.07) is 7.77. The summed E-state index contributed by atoms with van der Waals surface area (Å²) in [5.74, 6) is 0.706. The van der Waals surface area contributed by atoms with Gasteiger partial charge in [0.1, 0.15) is 0 Å². The van der Waals surface area contributed by atoms with Crippen LogP contribution in [0.25, 0.3) is 10.9 Å². The molecule has 0 bridgehead atoms. The van der Waals surface area contributed by atoms with Crippen LogP contribution in [0.1, 0.15) is 13.8 Å². The van der Waals surface area contributed by atoms with Gasteiger partial charge in [-0.25, -0.2) is 0 Å². The van der Waals surface area contributed by atoms with Crippen molar-refractivity contribution in [3.05, 3.63) is 35.5 Å². The minimum atomic E-state index is -0.766. The summed E-state index contributed by atoms with van der Waals surface area (Å²) in [5.41, 5.74) is 2.07. The van der Waals surface area contributed by atoms with Crippen molar-refractivity contribution in [3.63, 3.8) is 0 Å². The SMILES string of the molecule is CC1(C)CN(c2ccnc3ccc(Cl)cc23)CC[S@@]1=O. The number of benzene rings is 1. The van der Waals surface area contributed by atoms with E-state index in [1.807, 2.05) is 30.5 Å². The van der Waals surface area contributed by atoms with Gasteiger partial charge in [0.15, 0.2) is 0 Å². The molecule has 20 heavy (non-hydrogen) atoms. The standard InChI is InChI=1S/C15H17ClN2OS/c1-15(2)10-18(7-8-20(15)19)14-5-6-17-13-4-3-11(16)9-12(13)14/h3-6,9H,7-8,10H2,1-2H3/t20-/m0/s1. The number of anilines is 1. The maximum absolute atomic E-state index is 12.1. The molecule has 1 saturated heterocycles. The first kappa shape index (κ1) is 13.8. The molecule has 0 spiro atoms. The maximum atomic E-state index is 12.1. The van der Waals surface area contributed by atoms with Crippen LogP contribution in [-0.4, -0.2) is 32.8 Å². The largest absolute Gasteiger partial charge is 0.369 e. The van der Waals surface area contributed by atoms with E-state index in [1.54, 1.807) is 0 Å². The minimum Gasteiger partial charge on any atom is -0.369 e. The van der Waals surface area contributed by atoms with Gasteiger partial charge in [0, 0.05) is 51.9 Å². The number of hydrogen-bond donors (Lipinski definition) is 0. The molecule has 0 N–H and O–H groups in total. The third-order valence-electron chi connectivity index (χ3n) is 3.76. The smallest absolute Gasteiger partial charge is 0.0723 e. The Morgan fingerprint density at radius 2 is 2.15 bits per heavy atom. The highest BCUT2D eigenvalue weighted by Gasteiger charge is 2.33. The van der Waals surface area contributed by atoms with Gasteiger partial charge in [-0.1, -0.05) is 11.6 Å². The first-order valence-electron chi connectivity index (χ1n) is 6.65. The Hall–Kier alpha value is -1.13. The topological polar surface area (TPSA) is 33.2 Å². The zero-order chi connectivity index (χ0) is 14.3. The lowest BCUT2D eigenvalue weighted by Crippen LogP contribution is -2.50. The summed E-state index contributed by atoms with van der Waals surface area (Å²) in [6.07, 6.45) is 1.82. The first-order valence-corrected chi connectivity index (χ1v) is 8.35. The van der Waals surface area contributed by atoms with Crippen LogP contribution in [0.2, 0.25) is 5.02 Å². The number of nitrogens with zero attached hydrogens (tertiary/aromatic N) is 2. The van der Waals surface area contributed by atoms with Gasteiger partial charge in [-0.15, -0.1) is 0 Å². The van der Waals surface area contributed by atoms with E-state index in [9.17, 15) is 4.21 Å². The molecule has 1 aromatic carbocycles. The molecule has 1 aliphatic rings. The summed E-state index contributed by atoms with van der Waals surface area (Å²) in [4.78, 5) is 6.68. The number of hydrogen-bond acceptors (Lipinski definition) is 3. The lowest BCUT2D eigenvalue weighted by Gasteiger charge is -2.39. The molecule has 3 nitrogen and oxygen atoms in total. The van der Waals surface area contributed by atoms with Gasteiger partial charge in [-0.3, -0.25) is 9.19 Å². The summed E-state index contributed by atoms with van der Waals surface area (Å²) >= 11 is 6.11. The molecule has 2 aromatic rings. The molecule has 3 rings (SSSR count). The Kier molecular flexibility index (Phi) is 3.46. The average molecular weight is 309 g/mol. The summed E-state index contributed by atoms with van der Waals surface area (Å²) in [7, 11) is -0.766. The van der Waals surface area contributed by atoms with Gasteiger partial charge in [0.2, 0.25) is 0 Å². The van der Waals surface area contributed by atoms with Crippen molar-refractivity contribution in [1.82, 2.24) is 4.98 Å². The van der Waals surface area contributed by atoms with Gasteiger partial charge in [0.25, 0.3) is 0 Å². The summed E-state index contributed by atoms with van der Waals surface area (Å²) in [5, 5.41) is 1.77. The molecule has 0 amide bonds. The van der Waals surface area contributed by atoms with Crippen LogP contribution in [-0.2, 0) is 10.8 Å². The highest BCUT2D eigenvalue weighted by atomic mass is 35.5. The van der Waals surface area contributed by atoms with Crippen LogP contribution >= 0.6 is 11.6 Å². The van der Waals surface area contributed by atoms with Crippen LogP contribution in [0.15, 0.2) is 30.5 Å². The molecule has 1 aliphatic heterocycles. The van der Waals surface area contributed by atoms with Crippen molar-refractivity contribution < 1.29 is 4.21 Å². The van der Waals surface area contributed by atoms with E-state index in [1.165, 1.54) is 0 Å². The Balaban J connectivity index is 2.06. The lowest BCUT2D eigenvalue weighted by molar-refractivity contribution is 0.590. The van der Waals surface area contributed by atoms with Crippen molar-refractivity contribution >= 4 is 39.0 Å². The molecule has 2 heterocycles. The number of halogens is 1. The van der Waals surface area contributed by atoms with Crippen molar-refractivity contribution in [2.24, 2.45) is 0 Å². The fourth-order valence-corrected chi connectivity index (χ4v) is 4.08. The van der Waals surface area contributed by atoms with Crippen LogP contribution in [0.5, 0.6) is 0 Å². The fourth-order valence-electron chi connectivity index (χ4n) is 2.67. The summed E-state index contributed by atoms with van der Waals surface area (Å²) in [6.45, 7) is 5.71. The number of aromatic nitrogens is 1. The van der Waals surface area contributed by atoms with E-state index >= 15 is 0 Å².